The van der Waals surface area contributed by atoms with Gasteiger partial charge in [-0.05, 0) is 0 Å². The molecule has 7 nitrogen and oxygen atoms in total. The fraction of sp³-hybridized carbons (Fsp3) is 1.00. The summed E-state index contributed by atoms with van der Waals surface area (Å²) in [5.41, 5.74) is 0. The van der Waals surface area contributed by atoms with Crippen molar-refractivity contribution in [3.05, 3.63) is 0 Å². The molecule has 0 aromatic carbocycles. The zero-order valence-corrected chi connectivity index (χ0v) is 12.0. The van der Waals surface area contributed by atoms with Crippen LogP contribution in [0, 0.1) is 0 Å². The molecule has 0 bridgehead atoms. The zero-order valence-electron chi connectivity index (χ0n) is 9.58. The van der Waals surface area contributed by atoms with Crippen LogP contribution in [-0.2, 0) is 24.8 Å². The summed E-state index contributed by atoms with van der Waals surface area (Å²) in [7, 11) is -6.95. The van der Waals surface area contributed by atoms with Gasteiger partial charge in [0.1, 0.15) is 0 Å². The van der Waals surface area contributed by atoms with Gasteiger partial charge in [0, 0.05) is 13.1 Å². The number of rotatable bonds is 3. The number of sulfone groups is 1. The molecule has 0 aliphatic carbocycles. The van der Waals surface area contributed by atoms with Gasteiger partial charge < -0.3 is 4.74 Å². The van der Waals surface area contributed by atoms with Gasteiger partial charge in [-0.25, -0.2) is 8.42 Å². The van der Waals surface area contributed by atoms with Gasteiger partial charge in [0.25, 0.3) is 10.2 Å². The molecule has 2 heterocycles. The lowest BCUT2D eigenvalue weighted by Gasteiger charge is -2.27. The number of ether oxygens (including phenoxy) is 1. The fourth-order valence-electron chi connectivity index (χ4n) is 1.97. The van der Waals surface area contributed by atoms with Crippen molar-refractivity contribution in [3.63, 3.8) is 0 Å². The Hall–Kier alpha value is 0.0700. The average Bonchev–Trinajstić information content (AvgIpc) is 2.52. The van der Waals surface area contributed by atoms with Crippen molar-refractivity contribution < 1.29 is 21.6 Å². The molecule has 2 unspecified atom stereocenters. The monoisotopic (exact) mass is 318 g/mol. The normalized spacial score (nSPS) is 33.6. The van der Waals surface area contributed by atoms with Crippen LogP contribution in [0.2, 0.25) is 0 Å². The average molecular weight is 319 g/mol. The third-order valence-electron chi connectivity index (χ3n) is 2.89. The minimum absolute atomic E-state index is 0.190. The van der Waals surface area contributed by atoms with Crippen LogP contribution in [0.3, 0.4) is 0 Å². The van der Waals surface area contributed by atoms with Crippen molar-refractivity contribution in [2.75, 3.05) is 37.8 Å². The second-order valence-electron chi connectivity index (χ2n) is 4.33. The van der Waals surface area contributed by atoms with Crippen molar-refractivity contribution in [3.8, 4) is 0 Å². The van der Waals surface area contributed by atoms with Crippen LogP contribution in [0.4, 0.5) is 0 Å². The lowest BCUT2D eigenvalue weighted by Crippen LogP contribution is -2.51. The predicted molar refractivity (Wildman–Crippen MR) is 66.5 cm³/mol. The second-order valence-corrected chi connectivity index (χ2v) is 8.75. The maximum absolute atomic E-state index is 12.0. The zero-order chi connectivity index (χ0) is 13.4. The maximum Gasteiger partial charge on any atom is 0.279 e. The fourth-order valence-corrected chi connectivity index (χ4v) is 6.10. The predicted octanol–water partition coefficient (Wildman–Crippen LogP) is -1.44. The number of alkyl halides is 1. The molecule has 2 rings (SSSR count). The van der Waals surface area contributed by atoms with Crippen molar-refractivity contribution in [1.29, 1.82) is 0 Å². The van der Waals surface area contributed by atoms with Gasteiger partial charge in [0.15, 0.2) is 9.84 Å². The summed E-state index contributed by atoms with van der Waals surface area (Å²) in [5, 5.41) is -0.717. The number of hydrogen-bond donors (Lipinski definition) is 1. The molecule has 2 aliphatic heterocycles. The molecule has 0 amide bonds. The molecule has 106 valence electrons. The smallest absolute Gasteiger partial charge is 0.279 e. The highest BCUT2D eigenvalue weighted by atomic mass is 35.5. The molecular weight excluding hydrogens is 304 g/mol. The van der Waals surface area contributed by atoms with Crippen LogP contribution < -0.4 is 4.72 Å². The summed E-state index contributed by atoms with van der Waals surface area (Å²) >= 11 is 5.86. The topological polar surface area (TPSA) is 92.8 Å². The molecule has 18 heavy (non-hydrogen) atoms. The van der Waals surface area contributed by atoms with E-state index in [0.29, 0.717) is 13.2 Å². The standard InChI is InChI=1S/C8H15ClN2O5S2/c9-7-5-17(12,13)6-8(7)10-18(14,15)11-1-3-16-4-2-11/h7-8,10H,1-6H2. The Morgan fingerprint density at radius 2 is 1.83 bits per heavy atom. The van der Waals surface area contributed by atoms with Crippen molar-refractivity contribution in [2.45, 2.75) is 11.4 Å². The first-order valence-corrected chi connectivity index (χ1v) is 9.20. The van der Waals surface area contributed by atoms with Gasteiger partial charge in [0.2, 0.25) is 0 Å². The first-order valence-electron chi connectivity index (χ1n) is 5.50. The molecule has 2 aliphatic rings. The molecule has 0 aromatic heterocycles. The molecule has 2 atom stereocenters. The van der Waals surface area contributed by atoms with Crippen LogP contribution in [0.25, 0.3) is 0 Å². The van der Waals surface area contributed by atoms with Crippen LogP contribution in [-0.4, -0.2) is 70.4 Å². The van der Waals surface area contributed by atoms with Gasteiger partial charge in [-0.3, -0.25) is 0 Å². The van der Waals surface area contributed by atoms with E-state index in [9.17, 15) is 16.8 Å². The summed E-state index contributed by atoms with van der Waals surface area (Å²) in [4.78, 5) is 0. The molecule has 0 radical (unpaired) electrons. The summed E-state index contributed by atoms with van der Waals surface area (Å²) in [6, 6.07) is -0.760. The van der Waals surface area contributed by atoms with Crippen molar-refractivity contribution in [1.82, 2.24) is 9.03 Å². The van der Waals surface area contributed by atoms with E-state index in [1.165, 1.54) is 4.31 Å². The lowest BCUT2D eigenvalue weighted by molar-refractivity contribution is 0.0723. The van der Waals surface area contributed by atoms with Gasteiger partial charge in [-0.2, -0.15) is 17.4 Å². The number of nitrogens with zero attached hydrogens (tertiary/aromatic N) is 1. The quantitative estimate of drug-likeness (QED) is 0.643. The lowest BCUT2D eigenvalue weighted by atomic mass is 10.3. The van der Waals surface area contributed by atoms with Crippen LogP contribution in [0.15, 0.2) is 0 Å². The van der Waals surface area contributed by atoms with E-state index in [4.69, 9.17) is 16.3 Å². The first kappa shape index (κ1) is 14.5. The summed E-state index contributed by atoms with van der Waals surface area (Å²) in [5.74, 6) is -0.435. The number of morpholine rings is 1. The Morgan fingerprint density at radius 3 is 2.33 bits per heavy atom. The van der Waals surface area contributed by atoms with Gasteiger partial charge in [-0.1, -0.05) is 0 Å². The molecule has 2 saturated heterocycles. The minimum Gasteiger partial charge on any atom is -0.379 e. The second kappa shape index (κ2) is 5.22. The van der Waals surface area contributed by atoms with E-state index in [1.807, 2.05) is 0 Å². The maximum atomic E-state index is 12.0. The van der Waals surface area contributed by atoms with Crippen molar-refractivity contribution in [2.24, 2.45) is 0 Å². The largest absolute Gasteiger partial charge is 0.379 e. The molecule has 0 aromatic rings. The van der Waals surface area contributed by atoms with E-state index in [2.05, 4.69) is 4.72 Å². The van der Waals surface area contributed by atoms with Gasteiger partial charge >= 0.3 is 0 Å². The number of nitrogens with one attached hydrogen (secondary N) is 1. The molecule has 2 fully saturated rings. The highest BCUT2D eigenvalue weighted by Crippen LogP contribution is 2.19. The van der Waals surface area contributed by atoms with Gasteiger partial charge in [0.05, 0.1) is 36.1 Å². The highest BCUT2D eigenvalue weighted by molar-refractivity contribution is 7.92. The molecule has 0 spiro atoms. The number of halogens is 1. The first-order chi connectivity index (χ1) is 8.30. The molecule has 0 saturated carbocycles. The Balaban J connectivity index is 2.04. The SMILES string of the molecule is O=S1(=O)CC(Cl)C(NS(=O)(=O)N2CCOCC2)C1. The van der Waals surface area contributed by atoms with E-state index >= 15 is 0 Å². The third-order valence-corrected chi connectivity index (χ3v) is 6.91. The molecule has 10 heteroatoms. The summed E-state index contributed by atoms with van der Waals surface area (Å²) in [6.45, 7) is 1.21. The minimum atomic E-state index is -3.70. The Bertz CT molecular complexity index is 500. The van der Waals surface area contributed by atoms with E-state index in [1.54, 1.807) is 0 Å². The van der Waals surface area contributed by atoms with E-state index in [0.717, 1.165) is 0 Å². The molecule has 1 N–H and O–H groups in total. The van der Waals surface area contributed by atoms with E-state index < -0.39 is 31.5 Å². The molecular formula is C8H15ClN2O5S2. The van der Waals surface area contributed by atoms with Crippen LogP contribution >= 0.6 is 11.6 Å². The Morgan fingerprint density at radius 1 is 1.22 bits per heavy atom. The highest BCUT2D eigenvalue weighted by Gasteiger charge is 2.40. The Labute approximate surface area is 112 Å². The number of hydrogen-bond acceptors (Lipinski definition) is 5. The van der Waals surface area contributed by atoms with Crippen LogP contribution in [0.1, 0.15) is 0 Å². The van der Waals surface area contributed by atoms with Gasteiger partial charge in [-0.15, -0.1) is 11.6 Å². The van der Waals surface area contributed by atoms with Crippen molar-refractivity contribution >= 4 is 31.6 Å². The summed E-state index contributed by atoms with van der Waals surface area (Å²) < 4.78 is 55.4. The van der Waals surface area contributed by atoms with E-state index in [-0.39, 0.29) is 24.6 Å². The Kier molecular flexibility index (Phi) is 4.20. The summed E-state index contributed by atoms with van der Waals surface area (Å²) in [6.07, 6.45) is 0. The van der Waals surface area contributed by atoms with Crippen LogP contribution in [0.5, 0.6) is 0 Å². The third kappa shape index (κ3) is 3.34.